The van der Waals surface area contributed by atoms with Crippen molar-refractivity contribution in [2.24, 2.45) is 0 Å². The molecular weight excluding hydrogens is 1230 g/mol. The van der Waals surface area contributed by atoms with Gasteiger partial charge in [-0.1, -0.05) is 0 Å². The van der Waals surface area contributed by atoms with Crippen LogP contribution >= 0.6 is 0 Å². The molecule has 4 aliphatic heterocycles. The molecule has 4 heterocycles. The van der Waals surface area contributed by atoms with Crippen molar-refractivity contribution < 1.29 is 0 Å². The minimum atomic E-state index is -0.172. The summed E-state index contributed by atoms with van der Waals surface area (Å²) in [4.78, 5) is 13.0. The monoisotopic (exact) mass is 1310 g/mol. The fourth-order valence-corrected chi connectivity index (χ4v) is 18.5. The van der Waals surface area contributed by atoms with Gasteiger partial charge in [0.1, 0.15) is 0 Å². The van der Waals surface area contributed by atoms with E-state index < -0.39 is 0 Å². The second-order valence-electron chi connectivity index (χ2n) is 30.6. The zero-order chi connectivity index (χ0) is 66.2. The van der Waals surface area contributed by atoms with Gasteiger partial charge in [0, 0.05) is 0 Å². The Kier molecular flexibility index (Phi) is 14.7. The Labute approximate surface area is 576 Å². The molecular formula is C88H81B2N5Se. The summed E-state index contributed by atoms with van der Waals surface area (Å²) >= 11 is -0.164. The van der Waals surface area contributed by atoms with Crippen LogP contribution in [0.25, 0.3) is 0 Å². The first-order valence-electron chi connectivity index (χ1n) is 34.2. The summed E-state index contributed by atoms with van der Waals surface area (Å²) in [5.41, 5.74) is 30.1. The first-order valence-corrected chi connectivity index (χ1v) is 35.9. The number of hydrogen-bond acceptors (Lipinski definition) is 5. The number of nitrogens with zero attached hydrogens (tertiary/aromatic N) is 5. The molecule has 12 aromatic rings. The van der Waals surface area contributed by atoms with Crippen LogP contribution in [0.4, 0.5) is 85.3 Å². The maximum absolute atomic E-state index is 2.69. The summed E-state index contributed by atoms with van der Waals surface area (Å²) in [5.74, 6) is 0. The van der Waals surface area contributed by atoms with Gasteiger partial charge >= 0.3 is 580 Å². The van der Waals surface area contributed by atoms with Crippen molar-refractivity contribution in [2.75, 3.05) is 24.5 Å². The van der Waals surface area contributed by atoms with Crippen LogP contribution in [-0.2, 0) is 21.7 Å². The van der Waals surface area contributed by atoms with Crippen molar-refractivity contribution in [1.29, 1.82) is 0 Å². The predicted molar refractivity (Wildman–Crippen MR) is 415 cm³/mol. The number of fused-ring (bicyclic) bond motifs is 8. The number of para-hydroxylation sites is 9. The minimum absolute atomic E-state index is 0.0549. The molecule has 5 nitrogen and oxygen atoms in total. The molecule has 470 valence electrons. The SMILES string of the molecule is CC(C)(C)c1ccccc1N(c1cc2c3c(c1)N(c1ccccc1)c1ccccc1B3c1cc3c(cc1[Se]2)N(c1ccccc1)c1cc(N(c2ccccc2C(C)(C)C)c2ccccc2C(C)(C)C)cc2c1B3c1ccccc1N2c1ccccc1)c1ccccc1C(C)(C)C. The second-order valence-corrected chi connectivity index (χ2v) is 32.8. The van der Waals surface area contributed by atoms with E-state index in [0.717, 1.165) is 28.4 Å². The van der Waals surface area contributed by atoms with Gasteiger partial charge in [-0.25, -0.2) is 0 Å². The predicted octanol–water partition coefficient (Wildman–Crippen LogP) is 18.2. The van der Waals surface area contributed by atoms with E-state index in [1.54, 1.807) is 0 Å². The number of benzene rings is 12. The van der Waals surface area contributed by atoms with E-state index in [-0.39, 0.29) is 50.0 Å². The third kappa shape index (κ3) is 10.1. The standard InChI is InChI=1S/C88H81B2N5Se/c1-85(2,3)63-40-22-28-46-71(63)94(72-47-29-23-41-64(72)86(4,5)6)61-52-78-83-79(53-61)93(60-38-20-15-21-39-60)77-57-81-70(56-69(77)89(83)67-44-26-32-50-75(67)91(78)58-34-16-13-17-35-58)90-68-45-27-33-51-76(68)92(59-36-18-14-19-37-59)80-54-62(55-82(96-81)84(80)90)95(73-48-30-24-42-65(73)87(7,8)9)74-49-31-25-43-66(74)88(10,11)12/h13-57H,1-12H3. The molecule has 0 spiro atoms. The Morgan fingerprint density at radius 3 is 0.958 bits per heavy atom. The molecule has 16 rings (SSSR count). The summed E-state index contributed by atoms with van der Waals surface area (Å²) in [7, 11) is 0. The van der Waals surface area contributed by atoms with E-state index in [1.807, 2.05) is 0 Å². The molecule has 0 bridgehead atoms. The van der Waals surface area contributed by atoms with Crippen molar-refractivity contribution in [1.82, 2.24) is 0 Å². The Morgan fingerprint density at radius 1 is 0.260 bits per heavy atom. The van der Waals surface area contributed by atoms with Gasteiger partial charge in [-0.2, -0.15) is 0 Å². The van der Waals surface area contributed by atoms with Crippen molar-refractivity contribution in [3.8, 4) is 0 Å². The zero-order valence-corrected chi connectivity index (χ0v) is 59.0. The van der Waals surface area contributed by atoms with Gasteiger partial charge in [0.15, 0.2) is 0 Å². The van der Waals surface area contributed by atoms with E-state index >= 15 is 0 Å². The normalized spacial score (nSPS) is 13.7. The number of anilines is 15. The van der Waals surface area contributed by atoms with Crippen molar-refractivity contribution >= 4 is 155 Å². The number of rotatable bonds is 9. The van der Waals surface area contributed by atoms with Crippen LogP contribution in [0.1, 0.15) is 105 Å². The number of hydrogen-bond donors (Lipinski definition) is 0. The third-order valence-electron chi connectivity index (χ3n) is 20.1. The van der Waals surface area contributed by atoms with Gasteiger partial charge in [0.2, 0.25) is 0 Å². The Balaban J connectivity index is 1.00. The van der Waals surface area contributed by atoms with Gasteiger partial charge < -0.3 is 0 Å². The average molecular weight is 1310 g/mol. The van der Waals surface area contributed by atoms with Crippen molar-refractivity contribution in [3.63, 3.8) is 0 Å². The first kappa shape index (κ1) is 61.2. The van der Waals surface area contributed by atoms with Crippen LogP contribution in [0.2, 0.25) is 0 Å². The van der Waals surface area contributed by atoms with Gasteiger partial charge in [-0.15, -0.1) is 0 Å². The van der Waals surface area contributed by atoms with Crippen molar-refractivity contribution in [3.05, 3.63) is 295 Å². The molecule has 0 atom stereocenters. The van der Waals surface area contributed by atoms with Crippen molar-refractivity contribution in [2.45, 2.75) is 105 Å². The molecule has 0 amide bonds. The molecule has 0 aliphatic carbocycles. The topological polar surface area (TPSA) is 16.2 Å². The fraction of sp³-hybridized carbons (Fsp3) is 0.182. The van der Waals surface area contributed by atoms with Crippen LogP contribution < -0.4 is 66.2 Å². The Morgan fingerprint density at radius 2 is 0.573 bits per heavy atom. The van der Waals surface area contributed by atoms with E-state index in [9.17, 15) is 0 Å². The molecule has 96 heavy (non-hydrogen) atoms. The van der Waals surface area contributed by atoms with Crippen LogP contribution in [0.15, 0.2) is 273 Å². The summed E-state index contributed by atoms with van der Waals surface area (Å²) in [5, 5.41) is 0. The fourth-order valence-electron chi connectivity index (χ4n) is 16.0. The Bertz CT molecular complexity index is 4900. The molecule has 0 radical (unpaired) electrons. The quantitative estimate of drug-likeness (QED) is 0.134. The molecule has 0 saturated heterocycles. The third-order valence-corrected chi connectivity index (χ3v) is 22.5. The van der Waals surface area contributed by atoms with E-state index in [4.69, 9.17) is 0 Å². The summed E-state index contributed by atoms with van der Waals surface area (Å²) in [6.45, 7) is 28.1. The molecule has 8 heteroatoms. The molecule has 12 aromatic carbocycles. The van der Waals surface area contributed by atoms with Gasteiger partial charge in [-0.3, -0.25) is 0 Å². The Hall–Kier alpha value is -9.71. The molecule has 0 aromatic heterocycles. The second kappa shape index (κ2) is 23.0. The zero-order valence-electron chi connectivity index (χ0n) is 57.3. The first-order chi connectivity index (χ1) is 46.2. The molecule has 0 N–H and O–H groups in total. The molecule has 0 unspecified atom stereocenters. The molecule has 0 fully saturated rings. The van der Waals surface area contributed by atoms with E-state index in [2.05, 4.69) is 381 Å². The summed E-state index contributed by atoms with van der Waals surface area (Å²) in [6.07, 6.45) is 0. The maximum atomic E-state index is 2.69. The van der Waals surface area contributed by atoms with E-state index in [0.29, 0.717) is 0 Å². The van der Waals surface area contributed by atoms with Gasteiger partial charge in [0.25, 0.3) is 0 Å². The van der Waals surface area contributed by atoms with Gasteiger partial charge in [0.05, 0.1) is 0 Å². The summed E-state index contributed by atoms with van der Waals surface area (Å²) < 4.78 is 2.80. The average Bonchev–Trinajstić information content (AvgIpc) is 0.691. The van der Waals surface area contributed by atoms with Gasteiger partial charge in [-0.05, 0) is 0 Å². The van der Waals surface area contributed by atoms with Crippen LogP contribution in [0, 0.1) is 0 Å². The molecule has 4 aliphatic rings. The van der Waals surface area contributed by atoms with Crippen LogP contribution in [0.5, 0.6) is 0 Å². The van der Waals surface area contributed by atoms with E-state index in [1.165, 1.54) is 121 Å². The molecule has 0 saturated carbocycles. The summed E-state index contributed by atoms with van der Waals surface area (Å²) in [6, 6.07) is 104. The van der Waals surface area contributed by atoms with Crippen LogP contribution in [0.3, 0.4) is 0 Å². The van der Waals surface area contributed by atoms with Crippen LogP contribution in [-0.4, -0.2) is 28.4 Å².